The number of benzene rings is 2. The van der Waals surface area contributed by atoms with E-state index < -0.39 is 40.2 Å². The van der Waals surface area contributed by atoms with E-state index in [1.165, 1.54) is 43.3 Å². The molecule has 1 atom stereocenters. The number of hydrogen-bond donors (Lipinski definition) is 1. The van der Waals surface area contributed by atoms with Crippen LogP contribution >= 0.6 is 23.2 Å². The van der Waals surface area contributed by atoms with Crippen LogP contribution < -0.4 is 9.62 Å². The Bertz CT molecular complexity index is 1120. The van der Waals surface area contributed by atoms with E-state index in [4.69, 9.17) is 23.2 Å². The van der Waals surface area contributed by atoms with Gasteiger partial charge in [0.15, 0.2) is 0 Å². The quantitative estimate of drug-likeness (QED) is 0.500. The minimum absolute atomic E-state index is 0.0936. The molecule has 0 bridgehead atoms. The standard InChI is InChI=1S/C23H28Cl2FN3O4S/c1-15(2)12-27-23(31)16(3)28(13-17-7-5-6-8-21(17)26)22(30)14-29(34(4,32)33)20-10-18(24)9-19(25)11-20/h5-11,15-16H,12-14H2,1-4H3,(H,27,31)/t16-/m0/s1. The predicted octanol–water partition coefficient (Wildman–Crippen LogP) is 4.09. The highest BCUT2D eigenvalue weighted by Gasteiger charge is 2.30. The van der Waals surface area contributed by atoms with E-state index in [0.717, 1.165) is 15.5 Å². The molecule has 0 radical (unpaired) electrons. The van der Waals surface area contributed by atoms with Gasteiger partial charge in [-0.25, -0.2) is 12.8 Å². The maximum absolute atomic E-state index is 14.4. The summed E-state index contributed by atoms with van der Waals surface area (Å²) in [5.74, 6) is -1.50. The zero-order valence-corrected chi connectivity index (χ0v) is 21.7. The fourth-order valence-electron chi connectivity index (χ4n) is 3.14. The molecule has 186 valence electrons. The summed E-state index contributed by atoms with van der Waals surface area (Å²) in [6.07, 6.45) is 0.940. The van der Waals surface area contributed by atoms with Gasteiger partial charge in [0.1, 0.15) is 18.4 Å². The molecule has 0 aliphatic carbocycles. The van der Waals surface area contributed by atoms with Gasteiger partial charge in [-0.15, -0.1) is 0 Å². The van der Waals surface area contributed by atoms with Crippen molar-refractivity contribution in [3.8, 4) is 0 Å². The summed E-state index contributed by atoms with van der Waals surface area (Å²) in [5, 5.41) is 3.13. The van der Waals surface area contributed by atoms with Gasteiger partial charge in [0.05, 0.1) is 11.9 Å². The minimum atomic E-state index is -3.93. The van der Waals surface area contributed by atoms with Gasteiger partial charge < -0.3 is 10.2 Å². The molecule has 0 unspecified atom stereocenters. The molecular weight excluding hydrogens is 504 g/mol. The number of carbonyl (C=O) groups is 2. The highest BCUT2D eigenvalue weighted by atomic mass is 35.5. The van der Waals surface area contributed by atoms with Gasteiger partial charge in [0, 0.05) is 28.7 Å². The largest absolute Gasteiger partial charge is 0.354 e. The Morgan fingerprint density at radius 1 is 1.06 bits per heavy atom. The molecule has 2 aromatic carbocycles. The van der Waals surface area contributed by atoms with Crippen LogP contribution in [-0.4, -0.2) is 50.5 Å². The molecule has 0 aliphatic heterocycles. The van der Waals surface area contributed by atoms with E-state index >= 15 is 0 Å². The summed E-state index contributed by atoms with van der Waals surface area (Å²) in [6.45, 7) is 4.89. The summed E-state index contributed by atoms with van der Waals surface area (Å²) >= 11 is 12.0. The molecule has 34 heavy (non-hydrogen) atoms. The summed E-state index contributed by atoms with van der Waals surface area (Å²) in [6, 6.07) is 9.04. The smallest absolute Gasteiger partial charge is 0.244 e. The van der Waals surface area contributed by atoms with Crippen LogP contribution in [0.3, 0.4) is 0 Å². The Morgan fingerprint density at radius 2 is 1.65 bits per heavy atom. The molecule has 0 heterocycles. The third kappa shape index (κ3) is 7.85. The van der Waals surface area contributed by atoms with Gasteiger partial charge in [-0.3, -0.25) is 13.9 Å². The Hall–Kier alpha value is -2.36. The number of nitrogens with one attached hydrogen (secondary N) is 1. The molecule has 11 heteroatoms. The van der Waals surface area contributed by atoms with Gasteiger partial charge in [0.25, 0.3) is 0 Å². The third-order valence-corrected chi connectivity index (χ3v) is 6.54. The zero-order chi connectivity index (χ0) is 25.6. The van der Waals surface area contributed by atoms with Gasteiger partial charge in [0.2, 0.25) is 21.8 Å². The van der Waals surface area contributed by atoms with Crippen LogP contribution in [0.4, 0.5) is 10.1 Å². The van der Waals surface area contributed by atoms with E-state index in [1.54, 1.807) is 6.07 Å². The lowest BCUT2D eigenvalue weighted by atomic mass is 10.1. The first kappa shape index (κ1) is 27.9. The second-order valence-electron chi connectivity index (χ2n) is 8.33. The molecule has 2 amide bonds. The van der Waals surface area contributed by atoms with Crippen LogP contribution in [0.25, 0.3) is 0 Å². The molecule has 0 fully saturated rings. The van der Waals surface area contributed by atoms with Crippen molar-refractivity contribution < 1.29 is 22.4 Å². The van der Waals surface area contributed by atoms with Crippen molar-refractivity contribution >= 4 is 50.7 Å². The fraction of sp³-hybridized carbons (Fsp3) is 0.391. The predicted molar refractivity (Wildman–Crippen MR) is 133 cm³/mol. The molecule has 0 saturated heterocycles. The molecule has 1 N–H and O–H groups in total. The van der Waals surface area contributed by atoms with Gasteiger partial charge in [-0.05, 0) is 37.1 Å². The van der Waals surface area contributed by atoms with E-state index in [2.05, 4.69) is 5.32 Å². The Labute approximate surface area is 209 Å². The number of halogens is 3. The fourth-order valence-corrected chi connectivity index (χ4v) is 4.49. The van der Waals surface area contributed by atoms with E-state index in [0.29, 0.717) is 6.54 Å². The topological polar surface area (TPSA) is 86.8 Å². The molecule has 0 saturated carbocycles. The number of anilines is 1. The maximum atomic E-state index is 14.4. The van der Waals surface area contributed by atoms with Crippen LogP contribution in [-0.2, 0) is 26.2 Å². The Morgan fingerprint density at radius 3 is 2.18 bits per heavy atom. The minimum Gasteiger partial charge on any atom is -0.354 e. The first-order chi connectivity index (χ1) is 15.8. The number of carbonyl (C=O) groups excluding carboxylic acids is 2. The van der Waals surface area contributed by atoms with Crippen molar-refractivity contribution in [1.29, 1.82) is 0 Å². The summed E-state index contributed by atoms with van der Waals surface area (Å²) in [7, 11) is -3.93. The Balaban J connectivity index is 2.41. The molecular formula is C23H28Cl2FN3O4S. The summed E-state index contributed by atoms with van der Waals surface area (Å²) in [5.41, 5.74) is 0.284. The van der Waals surface area contributed by atoms with E-state index in [9.17, 15) is 22.4 Å². The first-order valence-electron chi connectivity index (χ1n) is 10.5. The average molecular weight is 532 g/mol. The van der Waals surface area contributed by atoms with Gasteiger partial charge in [-0.1, -0.05) is 55.2 Å². The van der Waals surface area contributed by atoms with Crippen molar-refractivity contribution in [2.75, 3.05) is 23.7 Å². The maximum Gasteiger partial charge on any atom is 0.244 e. The van der Waals surface area contributed by atoms with Crippen molar-refractivity contribution in [3.05, 3.63) is 63.9 Å². The first-order valence-corrected chi connectivity index (χ1v) is 13.1. The molecule has 0 spiro atoms. The molecule has 2 rings (SSSR count). The number of nitrogens with zero attached hydrogens (tertiary/aromatic N) is 2. The number of hydrogen-bond acceptors (Lipinski definition) is 4. The highest BCUT2D eigenvalue weighted by Crippen LogP contribution is 2.27. The number of amides is 2. The molecule has 7 nitrogen and oxygen atoms in total. The lowest BCUT2D eigenvalue weighted by Crippen LogP contribution is -2.51. The number of sulfonamides is 1. The van der Waals surface area contributed by atoms with Crippen LogP contribution in [0.2, 0.25) is 10.0 Å². The summed E-state index contributed by atoms with van der Waals surface area (Å²) < 4.78 is 40.3. The van der Waals surface area contributed by atoms with E-state index in [-0.39, 0.29) is 33.8 Å². The lowest BCUT2D eigenvalue weighted by molar-refractivity contribution is -0.139. The lowest BCUT2D eigenvalue weighted by Gasteiger charge is -2.31. The zero-order valence-electron chi connectivity index (χ0n) is 19.4. The van der Waals surface area contributed by atoms with Crippen molar-refractivity contribution in [2.45, 2.75) is 33.4 Å². The molecule has 0 aromatic heterocycles. The number of rotatable bonds is 10. The highest BCUT2D eigenvalue weighted by molar-refractivity contribution is 7.92. The normalized spacial score (nSPS) is 12.4. The van der Waals surface area contributed by atoms with Crippen LogP contribution in [0.5, 0.6) is 0 Å². The van der Waals surface area contributed by atoms with Crippen molar-refractivity contribution in [1.82, 2.24) is 10.2 Å². The van der Waals surface area contributed by atoms with Gasteiger partial charge in [-0.2, -0.15) is 0 Å². The van der Waals surface area contributed by atoms with Crippen LogP contribution in [0, 0.1) is 11.7 Å². The molecule has 0 aliphatic rings. The third-order valence-electron chi connectivity index (χ3n) is 4.96. The molecule has 2 aromatic rings. The average Bonchev–Trinajstić information content (AvgIpc) is 2.73. The van der Waals surface area contributed by atoms with Crippen LogP contribution in [0.1, 0.15) is 26.3 Å². The summed E-state index contributed by atoms with van der Waals surface area (Å²) in [4.78, 5) is 27.3. The second kappa shape index (κ2) is 11.9. The SMILES string of the molecule is CC(C)CNC(=O)[C@H](C)N(Cc1ccccc1F)C(=O)CN(c1cc(Cl)cc(Cl)c1)S(C)(=O)=O. The van der Waals surface area contributed by atoms with Crippen molar-refractivity contribution in [3.63, 3.8) is 0 Å². The van der Waals surface area contributed by atoms with E-state index in [1.807, 2.05) is 13.8 Å². The monoisotopic (exact) mass is 531 g/mol. The van der Waals surface area contributed by atoms with Gasteiger partial charge >= 0.3 is 0 Å². The van der Waals surface area contributed by atoms with Crippen LogP contribution in [0.15, 0.2) is 42.5 Å². The van der Waals surface area contributed by atoms with Crippen molar-refractivity contribution in [2.24, 2.45) is 5.92 Å². The second-order valence-corrected chi connectivity index (χ2v) is 11.1. The Kier molecular flexibility index (Phi) is 9.73.